The number of hydrogen-bond acceptors (Lipinski definition) is 5. The number of sulfonamides is 1. The zero-order valence-corrected chi connectivity index (χ0v) is 14.1. The Bertz CT molecular complexity index is 834. The van der Waals surface area contributed by atoms with Crippen molar-refractivity contribution in [2.75, 3.05) is 18.1 Å². The van der Waals surface area contributed by atoms with Crippen LogP contribution < -0.4 is 9.46 Å². The van der Waals surface area contributed by atoms with Gasteiger partial charge in [-0.3, -0.25) is 4.72 Å². The highest BCUT2D eigenvalue weighted by atomic mass is 32.2. The largest absolute Gasteiger partial charge is 0.495 e. The number of carbonyl (C=O) groups is 1. The first kappa shape index (κ1) is 17.2. The third-order valence-electron chi connectivity index (χ3n) is 3.05. The molecule has 0 saturated heterocycles. The Balaban J connectivity index is 2.43. The Labute approximate surface area is 138 Å². The molecule has 8 heteroatoms. The van der Waals surface area contributed by atoms with E-state index in [1.54, 1.807) is 24.5 Å². The minimum atomic E-state index is -3.86. The highest BCUT2D eigenvalue weighted by Crippen LogP contribution is 2.31. The standard InChI is InChI=1S/C15H15NO5S2/c1-21-12-5-3-4-6-14(12)23(19,20)16-11-8-7-10(15(17)18)9-13(11)22-2/h3-9,16H,1-2H3,(H,17,18). The smallest absolute Gasteiger partial charge is 0.335 e. The molecule has 0 amide bonds. The van der Waals surface area contributed by atoms with Gasteiger partial charge in [0.15, 0.2) is 0 Å². The van der Waals surface area contributed by atoms with Gasteiger partial charge in [-0.2, -0.15) is 0 Å². The summed E-state index contributed by atoms with van der Waals surface area (Å²) in [6.45, 7) is 0. The number of carboxylic acid groups (broad SMARTS) is 1. The van der Waals surface area contributed by atoms with Gasteiger partial charge >= 0.3 is 5.97 Å². The Kier molecular flexibility index (Phi) is 5.17. The van der Waals surface area contributed by atoms with Gasteiger partial charge in [-0.05, 0) is 36.6 Å². The van der Waals surface area contributed by atoms with E-state index in [0.717, 1.165) is 0 Å². The average molecular weight is 353 g/mol. The van der Waals surface area contributed by atoms with E-state index in [2.05, 4.69) is 4.72 Å². The molecule has 2 aromatic rings. The molecule has 0 heterocycles. The first-order valence-electron chi connectivity index (χ1n) is 6.46. The van der Waals surface area contributed by atoms with Gasteiger partial charge in [0, 0.05) is 4.90 Å². The van der Waals surface area contributed by atoms with Gasteiger partial charge in [0.1, 0.15) is 10.6 Å². The first-order chi connectivity index (χ1) is 10.9. The topological polar surface area (TPSA) is 92.7 Å². The van der Waals surface area contributed by atoms with Crippen molar-refractivity contribution in [2.45, 2.75) is 9.79 Å². The molecule has 0 unspecified atom stereocenters. The molecule has 0 bridgehead atoms. The lowest BCUT2D eigenvalue weighted by molar-refractivity contribution is 0.0696. The summed E-state index contributed by atoms with van der Waals surface area (Å²) < 4.78 is 32.7. The lowest BCUT2D eigenvalue weighted by Crippen LogP contribution is -2.15. The van der Waals surface area contributed by atoms with Gasteiger partial charge < -0.3 is 9.84 Å². The fourth-order valence-electron chi connectivity index (χ4n) is 1.95. The Hall–Kier alpha value is -2.19. The molecule has 0 radical (unpaired) electrons. The molecule has 0 aliphatic heterocycles. The molecule has 0 aromatic heterocycles. The lowest BCUT2D eigenvalue weighted by atomic mass is 10.2. The minimum Gasteiger partial charge on any atom is -0.495 e. The van der Waals surface area contributed by atoms with Gasteiger partial charge in [0.2, 0.25) is 0 Å². The van der Waals surface area contributed by atoms with E-state index in [1.165, 1.54) is 43.1 Å². The molecular formula is C15H15NO5S2. The van der Waals surface area contributed by atoms with Gasteiger partial charge in [0.05, 0.1) is 18.4 Å². The Morgan fingerprint density at radius 3 is 2.52 bits per heavy atom. The molecule has 2 rings (SSSR count). The molecule has 23 heavy (non-hydrogen) atoms. The average Bonchev–Trinajstić information content (AvgIpc) is 2.54. The molecule has 0 saturated carbocycles. The fourth-order valence-corrected chi connectivity index (χ4v) is 3.85. The van der Waals surface area contributed by atoms with Crippen LogP contribution >= 0.6 is 11.8 Å². The van der Waals surface area contributed by atoms with Crippen molar-refractivity contribution in [1.29, 1.82) is 0 Å². The zero-order valence-electron chi connectivity index (χ0n) is 12.4. The number of anilines is 1. The second-order valence-corrected chi connectivity index (χ2v) is 6.98. The number of thioether (sulfide) groups is 1. The summed E-state index contributed by atoms with van der Waals surface area (Å²) in [7, 11) is -2.47. The van der Waals surface area contributed by atoms with Crippen molar-refractivity contribution in [3.63, 3.8) is 0 Å². The molecule has 2 N–H and O–H groups in total. The second-order valence-electron chi connectivity index (χ2n) is 4.48. The van der Waals surface area contributed by atoms with E-state index in [4.69, 9.17) is 9.84 Å². The zero-order chi connectivity index (χ0) is 17.0. The Morgan fingerprint density at radius 2 is 1.91 bits per heavy atom. The summed E-state index contributed by atoms with van der Waals surface area (Å²) in [5, 5.41) is 9.01. The molecule has 122 valence electrons. The quantitative estimate of drug-likeness (QED) is 0.776. The van der Waals surface area contributed by atoms with E-state index in [9.17, 15) is 13.2 Å². The summed E-state index contributed by atoms with van der Waals surface area (Å²) in [6.07, 6.45) is 1.74. The fraction of sp³-hybridized carbons (Fsp3) is 0.133. The van der Waals surface area contributed by atoms with Crippen molar-refractivity contribution >= 4 is 33.4 Å². The number of para-hydroxylation sites is 1. The van der Waals surface area contributed by atoms with Crippen LogP contribution in [0.3, 0.4) is 0 Å². The summed E-state index contributed by atoms with van der Waals surface area (Å²) in [5.74, 6) is -0.840. The van der Waals surface area contributed by atoms with Crippen LogP contribution in [0.25, 0.3) is 0 Å². The predicted molar refractivity (Wildman–Crippen MR) is 89.0 cm³/mol. The monoisotopic (exact) mass is 353 g/mol. The van der Waals surface area contributed by atoms with E-state index in [1.807, 2.05) is 0 Å². The van der Waals surface area contributed by atoms with E-state index >= 15 is 0 Å². The maximum absolute atomic E-state index is 12.6. The van der Waals surface area contributed by atoms with E-state index in [0.29, 0.717) is 10.6 Å². The van der Waals surface area contributed by atoms with Gasteiger partial charge in [0.25, 0.3) is 10.0 Å². The maximum atomic E-state index is 12.6. The number of rotatable bonds is 6. The van der Waals surface area contributed by atoms with Crippen LogP contribution in [0.2, 0.25) is 0 Å². The molecule has 0 atom stereocenters. The predicted octanol–water partition coefficient (Wildman–Crippen LogP) is 2.92. The van der Waals surface area contributed by atoms with E-state index in [-0.39, 0.29) is 16.2 Å². The third-order valence-corrected chi connectivity index (χ3v) is 5.23. The number of benzene rings is 2. The highest BCUT2D eigenvalue weighted by molar-refractivity contribution is 7.99. The first-order valence-corrected chi connectivity index (χ1v) is 9.17. The molecule has 2 aromatic carbocycles. The Morgan fingerprint density at radius 1 is 1.22 bits per heavy atom. The van der Waals surface area contributed by atoms with Crippen LogP contribution in [0.1, 0.15) is 10.4 Å². The van der Waals surface area contributed by atoms with Crippen molar-refractivity contribution in [2.24, 2.45) is 0 Å². The van der Waals surface area contributed by atoms with Crippen molar-refractivity contribution < 1.29 is 23.1 Å². The number of nitrogens with one attached hydrogen (secondary N) is 1. The summed E-state index contributed by atoms with van der Waals surface area (Å²) in [6, 6.07) is 10.5. The van der Waals surface area contributed by atoms with Gasteiger partial charge in [-0.1, -0.05) is 12.1 Å². The normalized spacial score (nSPS) is 11.0. The minimum absolute atomic E-state index is 0.0110. The number of aromatic carboxylic acids is 1. The van der Waals surface area contributed by atoms with Crippen molar-refractivity contribution in [3.8, 4) is 5.75 Å². The maximum Gasteiger partial charge on any atom is 0.335 e. The van der Waals surface area contributed by atoms with Crippen LogP contribution in [0.15, 0.2) is 52.3 Å². The van der Waals surface area contributed by atoms with Crippen LogP contribution in [-0.2, 0) is 10.0 Å². The molecule has 0 spiro atoms. The van der Waals surface area contributed by atoms with Gasteiger partial charge in [-0.15, -0.1) is 11.8 Å². The second kappa shape index (κ2) is 6.93. The SMILES string of the molecule is COc1ccccc1S(=O)(=O)Nc1ccc(C(=O)O)cc1SC. The molecule has 6 nitrogen and oxygen atoms in total. The third kappa shape index (κ3) is 3.77. The molecule has 0 aliphatic carbocycles. The summed E-state index contributed by atoms with van der Waals surface area (Å²) >= 11 is 1.25. The lowest BCUT2D eigenvalue weighted by Gasteiger charge is -2.14. The molecule has 0 aliphatic rings. The van der Waals surface area contributed by atoms with Gasteiger partial charge in [-0.25, -0.2) is 13.2 Å². The number of carboxylic acids is 1. The number of ether oxygens (including phenoxy) is 1. The van der Waals surface area contributed by atoms with Crippen LogP contribution in [0.4, 0.5) is 5.69 Å². The summed E-state index contributed by atoms with van der Waals surface area (Å²) in [4.78, 5) is 11.5. The highest BCUT2D eigenvalue weighted by Gasteiger charge is 2.20. The van der Waals surface area contributed by atoms with Crippen LogP contribution in [0.5, 0.6) is 5.75 Å². The molecule has 0 fully saturated rings. The van der Waals surface area contributed by atoms with Crippen LogP contribution in [0, 0.1) is 0 Å². The number of hydrogen-bond donors (Lipinski definition) is 2. The molecular weight excluding hydrogens is 338 g/mol. The number of methoxy groups -OCH3 is 1. The van der Waals surface area contributed by atoms with Crippen molar-refractivity contribution in [3.05, 3.63) is 48.0 Å². The van der Waals surface area contributed by atoms with Crippen molar-refractivity contribution in [1.82, 2.24) is 0 Å². The summed E-state index contributed by atoms with van der Waals surface area (Å²) in [5.41, 5.74) is 0.406. The van der Waals surface area contributed by atoms with E-state index < -0.39 is 16.0 Å². The van der Waals surface area contributed by atoms with Crippen LogP contribution in [-0.4, -0.2) is 32.9 Å².